The summed E-state index contributed by atoms with van der Waals surface area (Å²) in [5, 5.41) is 15.3. The van der Waals surface area contributed by atoms with Gasteiger partial charge in [0, 0.05) is 10.2 Å². The van der Waals surface area contributed by atoms with E-state index in [0.29, 0.717) is 12.8 Å². The lowest BCUT2D eigenvalue weighted by molar-refractivity contribution is -0.124. The number of hydrogen-bond donors (Lipinski definition) is 2. The number of benzene rings is 1. The Morgan fingerprint density at radius 3 is 2.41 bits per heavy atom. The van der Waals surface area contributed by atoms with Crippen LogP contribution in [0.2, 0.25) is 0 Å². The zero-order valence-electron chi connectivity index (χ0n) is 16.0. The van der Waals surface area contributed by atoms with E-state index in [1.54, 1.807) is 11.9 Å². The number of rotatable bonds is 6. The molecule has 7 heteroatoms. The fraction of sp³-hybridized carbons (Fsp3) is 0.550. The minimum atomic E-state index is -0.759. The molecule has 0 unspecified atom stereocenters. The van der Waals surface area contributed by atoms with Crippen LogP contribution in [0.3, 0.4) is 0 Å². The van der Waals surface area contributed by atoms with E-state index >= 15 is 0 Å². The summed E-state index contributed by atoms with van der Waals surface area (Å²) in [7, 11) is 1.72. The Bertz CT molecular complexity index is 721. The summed E-state index contributed by atoms with van der Waals surface area (Å²) in [6.07, 6.45) is 5.52. The Morgan fingerprint density at radius 2 is 1.81 bits per heavy atom. The molecule has 1 aliphatic carbocycles. The Labute approximate surface area is 169 Å². The quantitative estimate of drug-likeness (QED) is 0.672. The first-order valence-corrected chi connectivity index (χ1v) is 10.1. The normalized spacial score (nSPS) is 16.3. The molecule has 1 fully saturated rings. The number of halogens is 1. The number of anilines is 1. The average Bonchev–Trinajstić information content (AvgIpc) is 2.83. The van der Waals surface area contributed by atoms with Crippen molar-refractivity contribution in [2.24, 2.45) is 0 Å². The van der Waals surface area contributed by atoms with Crippen LogP contribution in [0.1, 0.15) is 44.1 Å². The fourth-order valence-electron chi connectivity index (χ4n) is 3.41. The molecule has 146 valence electrons. The van der Waals surface area contributed by atoms with Gasteiger partial charge in [-0.3, -0.25) is 14.5 Å². The molecule has 0 bridgehead atoms. The topological polar surface area (TPSA) is 85.2 Å². The second kappa shape index (κ2) is 9.86. The lowest BCUT2D eigenvalue weighted by Crippen LogP contribution is -2.50. The van der Waals surface area contributed by atoms with Gasteiger partial charge in [0.1, 0.15) is 5.54 Å². The van der Waals surface area contributed by atoms with Crippen molar-refractivity contribution in [2.45, 2.75) is 51.0 Å². The third-order valence-corrected chi connectivity index (χ3v) is 5.33. The minimum Gasteiger partial charge on any atom is -0.337 e. The summed E-state index contributed by atoms with van der Waals surface area (Å²) < 4.78 is 0.955. The molecule has 0 spiro atoms. The number of likely N-dealkylation sites (N-methyl/N-ethyl adjacent to an activating group) is 1. The third kappa shape index (κ3) is 6.64. The highest BCUT2D eigenvalue weighted by Gasteiger charge is 2.32. The average molecular weight is 435 g/mol. The molecular weight excluding hydrogens is 408 g/mol. The molecule has 2 N–H and O–H groups in total. The van der Waals surface area contributed by atoms with E-state index in [4.69, 9.17) is 0 Å². The van der Waals surface area contributed by atoms with Gasteiger partial charge in [0.15, 0.2) is 0 Å². The van der Waals surface area contributed by atoms with Crippen LogP contribution in [0, 0.1) is 18.3 Å². The van der Waals surface area contributed by atoms with Crippen molar-refractivity contribution in [3.63, 3.8) is 0 Å². The molecule has 0 saturated heterocycles. The van der Waals surface area contributed by atoms with Crippen LogP contribution in [0.5, 0.6) is 0 Å². The van der Waals surface area contributed by atoms with Crippen molar-refractivity contribution in [1.82, 2.24) is 10.2 Å². The highest BCUT2D eigenvalue weighted by Crippen LogP contribution is 2.26. The van der Waals surface area contributed by atoms with Crippen LogP contribution in [-0.2, 0) is 9.59 Å². The minimum absolute atomic E-state index is 0.0795. The van der Waals surface area contributed by atoms with Crippen molar-refractivity contribution in [3.05, 3.63) is 28.2 Å². The van der Waals surface area contributed by atoms with E-state index in [-0.39, 0.29) is 24.9 Å². The maximum absolute atomic E-state index is 12.4. The number of aryl methyl sites for hydroxylation is 1. The molecule has 0 radical (unpaired) electrons. The van der Waals surface area contributed by atoms with Gasteiger partial charge in [-0.15, -0.1) is 0 Å². The lowest BCUT2D eigenvalue weighted by Gasteiger charge is -2.27. The standard InChI is InChI=1S/C20H27BrN4O2/c1-15-11-16(21)7-8-17(15)23-18(26)12-25(2)13-19(27)24-20(14-22)9-5-3-4-6-10-20/h7-8,11H,3-6,9-10,12-13H2,1-2H3,(H,23,26)(H,24,27). The Hall–Kier alpha value is -1.91. The molecule has 1 aliphatic rings. The zero-order valence-corrected chi connectivity index (χ0v) is 17.6. The van der Waals surface area contributed by atoms with Gasteiger partial charge in [-0.1, -0.05) is 41.6 Å². The first-order chi connectivity index (χ1) is 12.8. The number of carbonyl (C=O) groups is 2. The second-order valence-corrected chi connectivity index (χ2v) is 8.25. The van der Waals surface area contributed by atoms with Crippen molar-refractivity contribution in [3.8, 4) is 6.07 Å². The Kier molecular flexibility index (Phi) is 7.81. The maximum Gasteiger partial charge on any atom is 0.238 e. The largest absolute Gasteiger partial charge is 0.337 e. The summed E-state index contributed by atoms with van der Waals surface area (Å²) >= 11 is 3.40. The number of nitrogens with zero attached hydrogens (tertiary/aromatic N) is 2. The van der Waals surface area contributed by atoms with Crippen LogP contribution in [0.4, 0.5) is 5.69 Å². The monoisotopic (exact) mass is 434 g/mol. The van der Waals surface area contributed by atoms with Gasteiger partial charge in [0.25, 0.3) is 0 Å². The predicted molar refractivity (Wildman–Crippen MR) is 109 cm³/mol. The first-order valence-electron chi connectivity index (χ1n) is 9.30. The highest BCUT2D eigenvalue weighted by atomic mass is 79.9. The second-order valence-electron chi connectivity index (χ2n) is 7.34. The van der Waals surface area contributed by atoms with E-state index < -0.39 is 5.54 Å². The van der Waals surface area contributed by atoms with Gasteiger partial charge < -0.3 is 10.6 Å². The zero-order chi connectivity index (χ0) is 19.9. The number of carbonyl (C=O) groups excluding carboxylic acids is 2. The predicted octanol–water partition coefficient (Wildman–Crippen LogP) is 3.36. The molecule has 2 amide bonds. The van der Waals surface area contributed by atoms with E-state index in [1.165, 1.54) is 0 Å². The number of nitrogens with one attached hydrogen (secondary N) is 2. The molecule has 1 aromatic rings. The molecule has 0 aliphatic heterocycles. The molecule has 0 atom stereocenters. The smallest absolute Gasteiger partial charge is 0.238 e. The van der Waals surface area contributed by atoms with Gasteiger partial charge in [0.2, 0.25) is 11.8 Å². The molecule has 0 heterocycles. The first kappa shape index (κ1) is 21.4. The number of amides is 2. The highest BCUT2D eigenvalue weighted by molar-refractivity contribution is 9.10. The summed E-state index contributed by atoms with van der Waals surface area (Å²) in [5.41, 5.74) is 0.955. The van der Waals surface area contributed by atoms with Crippen LogP contribution < -0.4 is 10.6 Å². The van der Waals surface area contributed by atoms with E-state index in [0.717, 1.165) is 41.4 Å². The summed E-state index contributed by atoms with van der Waals surface area (Å²) in [5.74, 6) is -0.395. The molecule has 27 heavy (non-hydrogen) atoms. The van der Waals surface area contributed by atoms with Gasteiger partial charge in [-0.05, 0) is 50.6 Å². The van der Waals surface area contributed by atoms with Crippen molar-refractivity contribution >= 4 is 33.4 Å². The van der Waals surface area contributed by atoms with E-state index in [9.17, 15) is 14.9 Å². The van der Waals surface area contributed by atoms with Crippen LogP contribution in [-0.4, -0.2) is 42.4 Å². The Balaban J connectivity index is 1.85. The van der Waals surface area contributed by atoms with Gasteiger partial charge in [-0.2, -0.15) is 5.26 Å². The molecule has 1 aromatic carbocycles. The van der Waals surface area contributed by atoms with Crippen molar-refractivity contribution in [1.29, 1.82) is 5.26 Å². The van der Waals surface area contributed by atoms with Crippen LogP contribution >= 0.6 is 15.9 Å². The van der Waals surface area contributed by atoms with Crippen molar-refractivity contribution < 1.29 is 9.59 Å². The lowest BCUT2D eigenvalue weighted by atomic mass is 9.92. The summed E-state index contributed by atoms with van der Waals surface area (Å²) in [6.45, 7) is 2.10. The van der Waals surface area contributed by atoms with E-state index in [1.807, 2.05) is 25.1 Å². The molecular formula is C20H27BrN4O2. The summed E-state index contributed by atoms with van der Waals surface area (Å²) in [6, 6.07) is 7.95. The number of hydrogen-bond acceptors (Lipinski definition) is 4. The Morgan fingerprint density at radius 1 is 1.19 bits per heavy atom. The molecule has 1 saturated carbocycles. The summed E-state index contributed by atoms with van der Waals surface area (Å²) in [4.78, 5) is 26.3. The maximum atomic E-state index is 12.4. The van der Waals surface area contributed by atoms with Crippen molar-refractivity contribution in [2.75, 3.05) is 25.5 Å². The number of nitriles is 1. The van der Waals surface area contributed by atoms with Crippen LogP contribution in [0.15, 0.2) is 22.7 Å². The fourth-order valence-corrected chi connectivity index (χ4v) is 3.88. The molecule has 2 rings (SSSR count). The third-order valence-electron chi connectivity index (χ3n) is 4.84. The van der Waals surface area contributed by atoms with Gasteiger partial charge >= 0.3 is 0 Å². The van der Waals surface area contributed by atoms with E-state index in [2.05, 4.69) is 32.6 Å². The van der Waals surface area contributed by atoms with Crippen LogP contribution in [0.25, 0.3) is 0 Å². The SMILES string of the molecule is Cc1cc(Br)ccc1NC(=O)CN(C)CC(=O)NC1(C#N)CCCCCC1. The van der Waals surface area contributed by atoms with Gasteiger partial charge in [0.05, 0.1) is 19.2 Å². The molecule has 0 aromatic heterocycles. The van der Waals surface area contributed by atoms with Gasteiger partial charge in [-0.25, -0.2) is 0 Å². The molecule has 6 nitrogen and oxygen atoms in total.